The lowest BCUT2D eigenvalue weighted by molar-refractivity contribution is -0.143. The molecule has 0 saturated heterocycles. The molecule has 78 heavy (non-hydrogen) atoms. The van der Waals surface area contributed by atoms with Gasteiger partial charge in [0.15, 0.2) is 0 Å². The number of nitrogens with one attached hydrogen (secondary N) is 1. The van der Waals surface area contributed by atoms with Crippen LogP contribution in [0.5, 0.6) is 0 Å². The second-order valence-electron chi connectivity index (χ2n) is 25.3. The van der Waals surface area contributed by atoms with Gasteiger partial charge in [0, 0.05) is 12.8 Å². The SMILES string of the molecule is CCCCCCCCCCCCCCCCCCCCCCCCC(O)C(CO)NC(=O)CCCCCCCCCCCCCCCCCCCCCCCCCCCCCOC(=O)CCCCCCCCCCCCCC. The summed E-state index contributed by atoms with van der Waals surface area (Å²) in [7, 11) is 0. The minimum Gasteiger partial charge on any atom is -0.466 e. The van der Waals surface area contributed by atoms with Gasteiger partial charge in [0.2, 0.25) is 5.91 Å². The Morgan fingerprint density at radius 2 is 0.526 bits per heavy atom. The molecule has 6 heteroatoms. The first kappa shape index (κ1) is 76.9. The molecule has 0 aliphatic carbocycles. The molecule has 2 unspecified atom stereocenters. The number of rotatable bonds is 69. The number of hydrogen-bond acceptors (Lipinski definition) is 5. The van der Waals surface area contributed by atoms with Crippen LogP contribution in [0.25, 0.3) is 0 Å². The predicted octanol–water partition coefficient (Wildman–Crippen LogP) is 23.4. The van der Waals surface area contributed by atoms with Crippen LogP contribution in [0.2, 0.25) is 0 Å². The van der Waals surface area contributed by atoms with E-state index in [1.807, 2.05) is 0 Å². The Hall–Kier alpha value is -1.14. The normalized spacial score (nSPS) is 12.4. The summed E-state index contributed by atoms with van der Waals surface area (Å²) in [6.07, 6.45) is 83.0. The highest BCUT2D eigenvalue weighted by Gasteiger charge is 2.20. The molecule has 0 radical (unpaired) electrons. The molecule has 0 aromatic carbocycles. The van der Waals surface area contributed by atoms with Crippen LogP contribution in [0.15, 0.2) is 0 Å². The Morgan fingerprint density at radius 1 is 0.308 bits per heavy atom. The monoisotopic (exact) mass is 1100 g/mol. The Bertz CT molecular complexity index is 1130. The summed E-state index contributed by atoms with van der Waals surface area (Å²) in [5, 5.41) is 23.4. The van der Waals surface area contributed by atoms with Crippen molar-refractivity contribution >= 4 is 11.9 Å². The summed E-state index contributed by atoms with van der Waals surface area (Å²) >= 11 is 0. The van der Waals surface area contributed by atoms with Crippen LogP contribution in [-0.2, 0) is 14.3 Å². The minimum atomic E-state index is -0.662. The fraction of sp³-hybridized carbons (Fsp3) is 0.972. The molecule has 0 aromatic rings. The fourth-order valence-corrected chi connectivity index (χ4v) is 11.9. The first-order valence-electron chi connectivity index (χ1n) is 36.3. The third kappa shape index (κ3) is 64.0. The average molecular weight is 1100 g/mol. The van der Waals surface area contributed by atoms with Crippen molar-refractivity contribution in [2.45, 2.75) is 437 Å². The number of aliphatic hydroxyl groups excluding tert-OH is 2. The molecule has 0 aromatic heterocycles. The van der Waals surface area contributed by atoms with E-state index in [1.165, 1.54) is 353 Å². The van der Waals surface area contributed by atoms with Gasteiger partial charge >= 0.3 is 5.97 Å². The van der Waals surface area contributed by atoms with Crippen LogP contribution in [-0.4, -0.2) is 47.4 Å². The molecule has 0 bridgehead atoms. The second-order valence-corrected chi connectivity index (χ2v) is 25.3. The van der Waals surface area contributed by atoms with Gasteiger partial charge in [-0.05, 0) is 25.7 Å². The maximum Gasteiger partial charge on any atom is 0.305 e. The summed E-state index contributed by atoms with van der Waals surface area (Å²) in [6, 6.07) is -0.539. The van der Waals surface area contributed by atoms with E-state index in [0.29, 0.717) is 25.9 Å². The van der Waals surface area contributed by atoms with Crippen molar-refractivity contribution in [3.05, 3.63) is 0 Å². The van der Waals surface area contributed by atoms with E-state index in [-0.39, 0.29) is 18.5 Å². The fourth-order valence-electron chi connectivity index (χ4n) is 11.9. The lowest BCUT2D eigenvalue weighted by Gasteiger charge is -2.22. The van der Waals surface area contributed by atoms with Crippen LogP contribution < -0.4 is 5.32 Å². The van der Waals surface area contributed by atoms with E-state index in [2.05, 4.69) is 19.2 Å². The van der Waals surface area contributed by atoms with Gasteiger partial charge in [-0.25, -0.2) is 0 Å². The molecule has 0 fully saturated rings. The summed E-state index contributed by atoms with van der Waals surface area (Å²) in [5.41, 5.74) is 0. The number of esters is 1. The molecule has 1 amide bonds. The second kappa shape index (κ2) is 68.4. The van der Waals surface area contributed by atoms with E-state index < -0.39 is 12.1 Å². The summed E-state index contributed by atoms with van der Waals surface area (Å²) in [6.45, 7) is 5.00. The molecular formula is C72H143NO5. The summed E-state index contributed by atoms with van der Waals surface area (Å²) < 4.78 is 5.49. The van der Waals surface area contributed by atoms with Gasteiger partial charge in [0.25, 0.3) is 0 Å². The standard InChI is InChI=1S/C72H143NO5/c1-3-5-7-9-11-13-15-17-18-19-20-21-29-32-35-38-41-44-48-52-56-60-64-70(75)69(68-74)73-71(76)65-61-57-53-49-45-42-39-36-33-30-27-25-23-22-24-26-28-31-34-37-40-43-47-51-55-59-63-67-78-72(77)66-62-58-54-50-46-16-14-12-10-8-6-4-2/h69-70,74-75H,3-68H2,1-2H3,(H,73,76). The van der Waals surface area contributed by atoms with Crippen molar-refractivity contribution in [1.29, 1.82) is 0 Å². The minimum absolute atomic E-state index is 0.0201. The van der Waals surface area contributed by atoms with E-state index in [0.717, 1.165) is 38.5 Å². The topological polar surface area (TPSA) is 95.9 Å². The molecule has 0 aliphatic heterocycles. The third-order valence-electron chi connectivity index (χ3n) is 17.4. The smallest absolute Gasteiger partial charge is 0.305 e. The number of carbonyl (C=O) groups excluding carboxylic acids is 2. The van der Waals surface area contributed by atoms with Crippen LogP contribution >= 0.6 is 0 Å². The highest BCUT2D eigenvalue weighted by Crippen LogP contribution is 2.20. The Labute approximate surface area is 489 Å². The predicted molar refractivity (Wildman–Crippen MR) is 343 cm³/mol. The van der Waals surface area contributed by atoms with E-state index in [1.54, 1.807) is 0 Å². The Kier molecular flexibility index (Phi) is 67.4. The molecule has 0 spiro atoms. The molecule has 0 saturated carbocycles. The number of ether oxygens (including phenoxy) is 1. The quantitative estimate of drug-likeness (QED) is 0.0417. The molecule has 0 heterocycles. The molecule has 3 N–H and O–H groups in total. The van der Waals surface area contributed by atoms with Gasteiger partial charge in [0.05, 0.1) is 25.4 Å². The zero-order valence-corrected chi connectivity index (χ0v) is 53.4. The Morgan fingerprint density at radius 3 is 0.782 bits per heavy atom. The van der Waals surface area contributed by atoms with Gasteiger partial charge in [0.1, 0.15) is 0 Å². The number of unbranched alkanes of at least 4 members (excludes halogenated alkanes) is 58. The summed E-state index contributed by atoms with van der Waals surface area (Å²) in [5.74, 6) is -0.00630. The first-order valence-corrected chi connectivity index (χ1v) is 36.3. The number of hydrogen-bond donors (Lipinski definition) is 3. The largest absolute Gasteiger partial charge is 0.466 e. The van der Waals surface area contributed by atoms with Crippen molar-refractivity contribution < 1.29 is 24.5 Å². The lowest BCUT2D eigenvalue weighted by atomic mass is 10.0. The van der Waals surface area contributed by atoms with Crippen LogP contribution in [0.3, 0.4) is 0 Å². The Balaban J connectivity index is 3.34. The van der Waals surface area contributed by atoms with Crippen molar-refractivity contribution in [2.24, 2.45) is 0 Å². The van der Waals surface area contributed by atoms with E-state index in [4.69, 9.17) is 4.74 Å². The average Bonchev–Trinajstić information content (AvgIpc) is 3.44. The maximum absolute atomic E-state index is 12.6. The molecule has 6 nitrogen and oxygen atoms in total. The molecule has 0 rings (SSSR count). The molecule has 0 aliphatic rings. The maximum atomic E-state index is 12.6. The highest BCUT2D eigenvalue weighted by atomic mass is 16.5. The lowest BCUT2D eigenvalue weighted by Crippen LogP contribution is -2.45. The van der Waals surface area contributed by atoms with E-state index in [9.17, 15) is 19.8 Å². The number of amides is 1. The van der Waals surface area contributed by atoms with E-state index >= 15 is 0 Å². The first-order chi connectivity index (χ1) is 38.5. The van der Waals surface area contributed by atoms with Gasteiger partial charge < -0.3 is 20.3 Å². The van der Waals surface area contributed by atoms with Gasteiger partial charge in [-0.2, -0.15) is 0 Å². The van der Waals surface area contributed by atoms with Crippen LogP contribution in [0, 0.1) is 0 Å². The number of carbonyl (C=O) groups is 2. The molecule has 466 valence electrons. The van der Waals surface area contributed by atoms with Crippen molar-refractivity contribution in [3.63, 3.8) is 0 Å². The summed E-state index contributed by atoms with van der Waals surface area (Å²) in [4.78, 5) is 24.6. The number of aliphatic hydroxyl groups is 2. The van der Waals surface area contributed by atoms with Gasteiger partial charge in [-0.1, -0.05) is 386 Å². The van der Waals surface area contributed by atoms with Crippen LogP contribution in [0.4, 0.5) is 0 Å². The van der Waals surface area contributed by atoms with Crippen molar-refractivity contribution in [2.75, 3.05) is 13.2 Å². The van der Waals surface area contributed by atoms with Crippen molar-refractivity contribution in [3.8, 4) is 0 Å². The molecule has 2 atom stereocenters. The highest BCUT2D eigenvalue weighted by molar-refractivity contribution is 5.76. The third-order valence-corrected chi connectivity index (χ3v) is 17.4. The zero-order chi connectivity index (χ0) is 56.4. The van der Waals surface area contributed by atoms with Crippen molar-refractivity contribution in [1.82, 2.24) is 5.32 Å². The molecular weight excluding hydrogens is 959 g/mol. The van der Waals surface area contributed by atoms with Gasteiger partial charge in [-0.15, -0.1) is 0 Å². The van der Waals surface area contributed by atoms with Crippen LogP contribution in [0.1, 0.15) is 425 Å². The zero-order valence-electron chi connectivity index (χ0n) is 53.4. The van der Waals surface area contributed by atoms with Gasteiger partial charge in [-0.3, -0.25) is 9.59 Å².